The SMILES string of the molecule is COc1ccc(CCc2ccccc2C(=O)C(=O)c2ccc(OC)c(OC)c2)cc1. The molecule has 0 atom stereocenters. The third-order valence-corrected chi connectivity index (χ3v) is 4.96. The first-order valence-corrected chi connectivity index (χ1v) is 9.59. The number of ether oxygens (including phenoxy) is 3. The third-order valence-electron chi connectivity index (χ3n) is 4.96. The van der Waals surface area contributed by atoms with Crippen LogP contribution in [0.25, 0.3) is 0 Å². The van der Waals surface area contributed by atoms with Gasteiger partial charge in [0, 0.05) is 11.1 Å². The standard InChI is InChI=1S/C25H24O5/c1-28-20-13-9-17(10-14-20)8-11-18-6-4-5-7-21(18)25(27)24(26)19-12-15-22(29-2)23(16-19)30-3/h4-7,9-10,12-16H,8,11H2,1-3H3. The third kappa shape index (κ3) is 4.69. The summed E-state index contributed by atoms with van der Waals surface area (Å²) in [6.07, 6.45) is 1.40. The van der Waals surface area contributed by atoms with Gasteiger partial charge >= 0.3 is 0 Å². The molecule has 0 fully saturated rings. The molecule has 5 heteroatoms. The van der Waals surface area contributed by atoms with Gasteiger partial charge in [-0.25, -0.2) is 0 Å². The Balaban J connectivity index is 1.80. The van der Waals surface area contributed by atoms with Crippen LogP contribution in [0.3, 0.4) is 0 Å². The van der Waals surface area contributed by atoms with Gasteiger partial charge < -0.3 is 14.2 Å². The van der Waals surface area contributed by atoms with E-state index in [1.54, 1.807) is 31.4 Å². The molecular weight excluding hydrogens is 380 g/mol. The highest BCUT2D eigenvalue weighted by Gasteiger charge is 2.22. The number of hydrogen-bond donors (Lipinski definition) is 0. The fourth-order valence-electron chi connectivity index (χ4n) is 3.26. The number of benzene rings is 3. The van der Waals surface area contributed by atoms with Crippen molar-refractivity contribution >= 4 is 11.6 Å². The molecule has 0 aliphatic heterocycles. The van der Waals surface area contributed by atoms with Gasteiger partial charge in [0.2, 0.25) is 11.6 Å². The van der Waals surface area contributed by atoms with E-state index < -0.39 is 11.6 Å². The number of carbonyl (C=O) groups excluding carboxylic acids is 2. The fraction of sp³-hybridized carbons (Fsp3) is 0.200. The normalized spacial score (nSPS) is 10.4. The lowest BCUT2D eigenvalue weighted by molar-refractivity contribution is 0.0816. The van der Waals surface area contributed by atoms with Crippen LogP contribution in [0.15, 0.2) is 66.7 Å². The molecule has 0 unspecified atom stereocenters. The van der Waals surface area contributed by atoms with Gasteiger partial charge in [0.05, 0.1) is 21.3 Å². The fourth-order valence-corrected chi connectivity index (χ4v) is 3.26. The second-order valence-corrected chi connectivity index (χ2v) is 6.73. The largest absolute Gasteiger partial charge is 0.497 e. The highest BCUT2D eigenvalue weighted by molar-refractivity contribution is 6.49. The van der Waals surface area contributed by atoms with Gasteiger partial charge in [-0.2, -0.15) is 0 Å². The van der Waals surface area contributed by atoms with Crippen molar-refractivity contribution in [1.29, 1.82) is 0 Å². The lowest BCUT2D eigenvalue weighted by Gasteiger charge is -2.11. The summed E-state index contributed by atoms with van der Waals surface area (Å²) < 4.78 is 15.6. The predicted molar refractivity (Wildman–Crippen MR) is 115 cm³/mol. The van der Waals surface area contributed by atoms with Crippen LogP contribution in [0.2, 0.25) is 0 Å². The van der Waals surface area contributed by atoms with Crippen molar-refractivity contribution in [3.8, 4) is 17.2 Å². The van der Waals surface area contributed by atoms with E-state index in [-0.39, 0.29) is 5.56 Å². The molecule has 0 saturated heterocycles. The lowest BCUT2D eigenvalue weighted by Crippen LogP contribution is -2.17. The summed E-state index contributed by atoms with van der Waals surface area (Å²) in [5.41, 5.74) is 2.66. The Bertz CT molecular complexity index is 1040. The smallest absolute Gasteiger partial charge is 0.233 e. The first-order chi connectivity index (χ1) is 14.6. The maximum Gasteiger partial charge on any atom is 0.233 e. The Morgan fingerprint density at radius 3 is 2.07 bits per heavy atom. The van der Waals surface area contributed by atoms with E-state index in [0.29, 0.717) is 23.5 Å². The van der Waals surface area contributed by atoms with Crippen LogP contribution in [0.5, 0.6) is 17.2 Å². The van der Waals surface area contributed by atoms with Gasteiger partial charge in [0.15, 0.2) is 11.5 Å². The van der Waals surface area contributed by atoms with Crippen LogP contribution in [0, 0.1) is 0 Å². The van der Waals surface area contributed by atoms with E-state index in [0.717, 1.165) is 23.3 Å². The van der Waals surface area contributed by atoms with Crippen LogP contribution in [0.1, 0.15) is 31.8 Å². The Kier molecular flexibility index (Phi) is 6.86. The zero-order valence-electron chi connectivity index (χ0n) is 17.3. The van der Waals surface area contributed by atoms with E-state index in [2.05, 4.69) is 0 Å². The van der Waals surface area contributed by atoms with Gasteiger partial charge in [-0.1, -0.05) is 36.4 Å². The molecule has 3 rings (SSSR count). The van der Waals surface area contributed by atoms with Crippen LogP contribution in [-0.4, -0.2) is 32.9 Å². The average molecular weight is 404 g/mol. The zero-order chi connectivity index (χ0) is 21.5. The summed E-state index contributed by atoms with van der Waals surface area (Å²) in [4.78, 5) is 25.8. The number of methoxy groups -OCH3 is 3. The second kappa shape index (κ2) is 9.74. The molecule has 0 heterocycles. The molecule has 3 aromatic carbocycles. The monoisotopic (exact) mass is 404 g/mol. The minimum atomic E-state index is -0.576. The van der Waals surface area contributed by atoms with Crippen LogP contribution < -0.4 is 14.2 Å². The van der Waals surface area contributed by atoms with Gasteiger partial charge in [0.1, 0.15) is 5.75 Å². The molecule has 0 amide bonds. The van der Waals surface area contributed by atoms with E-state index in [9.17, 15) is 9.59 Å². The molecule has 30 heavy (non-hydrogen) atoms. The number of aryl methyl sites for hydroxylation is 2. The Morgan fingerprint density at radius 2 is 1.40 bits per heavy atom. The van der Waals surface area contributed by atoms with Crippen molar-refractivity contribution in [2.75, 3.05) is 21.3 Å². The first-order valence-electron chi connectivity index (χ1n) is 9.59. The molecule has 0 aliphatic rings. The minimum absolute atomic E-state index is 0.266. The number of carbonyl (C=O) groups is 2. The maximum absolute atomic E-state index is 13.0. The van der Waals surface area contributed by atoms with Gasteiger partial charge in [-0.15, -0.1) is 0 Å². The van der Waals surface area contributed by atoms with Gasteiger partial charge in [-0.05, 0) is 54.3 Å². The summed E-state index contributed by atoms with van der Waals surface area (Å²) in [6.45, 7) is 0. The van der Waals surface area contributed by atoms with Crippen molar-refractivity contribution in [3.05, 3.63) is 89.0 Å². The lowest BCUT2D eigenvalue weighted by atomic mass is 9.94. The molecule has 0 aromatic heterocycles. The van der Waals surface area contributed by atoms with E-state index in [1.807, 2.05) is 36.4 Å². The van der Waals surface area contributed by atoms with E-state index >= 15 is 0 Å². The Hall–Kier alpha value is -3.60. The summed E-state index contributed by atoms with van der Waals surface area (Å²) in [7, 11) is 4.64. The molecular formula is C25H24O5. The average Bonchev–Trinajstić information content (AvgIpc) is 2.81. The van der Waals surface area contributed by atoms with Crippen molar-refractivity contribution in [3.63, 3.8) is 0 Å². The number of hydrogen-bond acceptors (Lipinski definition) is 5. The minimum Gasteiger partial charge on any atom is -0.497 e. The summed E-state index contributed by atoms with van der Waals surface area (Å²) in [6, 6.07) is 19.8. The Labute approximate surface area is 176 Å². The molecule has 0 radical (unpaired) electrons. The van der Waals surface area contributed by atoms with Gasteiger partial charge in [0.25, 0.3) is 0 Å². The molecule has 0 saturated carbocycles. The summed E-state index contributed by atoms with van der Waals surface area (Å²) >= 11 is 0. The quantitative estimate of drug-likeness (QED) is 0.386. The Morgan fingerprint density at radius 1 is 0.700 bits per heavy atom. The molecule has 0 spiro atoms. The molecule has 5 nitrogen and oxygen atoms in total. The number of rotatable bonds is 9. The highest BCUT2D eigenvalue weighted by Crippen LogP contribution is 2.28. The number of ketones is 2. The topological polar surface area (TPSA) is 61.8 Å². The molecule has 154 valence electrons. The van der Waals surface area contributed by atoms with Crippen molar-refractivity contribution < 1.29 is 23.8 Å². The van der Waals surface area contributed by atoms with E-state index in [1.165, 1.54) is 20.3 Å². The van der Waals surface area contributed by atoms with E-state index in [4.69, 9.17) is 14.2 Å². The summed E-state index contributed by atoms with van der Waals surface area (Å²) in [5.74, 6) is 0.598. The molecule has 3 aromatic rings. The highest BCUT2D eigenvalue weighted by atomic mass is 16.5. The predicted octanol–water partition coefficient (Wildman–Crippen LogP) is 4.56. The first kappa shape index (κ1) is 21.1. The van der Waals surface area contributed by atoms with Crippen LogP contribution in [0.4, 0.5) is 0 Å². The maximum atomic E-state index is 13.0. The molecule has 0 N–H and O–H groups in total. The van der Waals surface area contributed by atoms with Crippen LogP contribution >= 0.6 is 0 Å². The molecule has 0 aliphatic carbocycles. The van der Waals surface area contributed by atoms with Crippen LogP contribution in [-0.2, 0) is 12.8 Å². The van der Waals surface area contributed by atoms with Crippen molar-refractivity contribution in [2.24, 2.45) is 0 Å². The number of Topliss-reactive ketones (excluding diaryl/α,β-unsaturated/α-hetero) is 2. The van der Waals surface area contributed by atoms with Crippen molar-refractivity contribution in [2.45, 2.75) is 12.8 Å². The second-order valence-electron chi connectivity index (χ2n) is 6.73. The summed E-state index contributed by atoms with van der Waals surface area (Å²) in [5, 5.41) is 0. The van der Waals surface area contributed by atoms with Crippen molar-refractivity contribution in [1.82, 2.24) is 0 Å². The zero-order valence-corrected chi connectivity index (χ0v) is 17.3. The van der Waals surface area contributed by atoms with Gasteiger partial charge in [-0.3, -0.25) is 9.59 Å². The molecule has 0 bridgehead atoms.